The summed E-state index contributed by atoms with van der Waals surface area (Å²) in [5, 5.41) is 1.16. The molecule has 0 aliphatic rings. The maximum atomic E-state index is 13.2. The van der Waals surface area contributed by atoms with Gasteiger partial charge in [0.05, 0.1) is 5.54 Å². The van der Waals surface area contributed by atoms with Crippen molar-refractivity contribution >= 4 is 11.8 Å². The number of halogens is 1. The average molecular weight is 290 g/mol. The Balaban J connectivity index is 3.03. The van der Waals surface area contributed by atoms with Gasteiger partial charge in [0.25, 0.3) is 5.91 Å². The third-order valence-corrected chi connectivity index (χ3v) is 2.54. The van der Waals surface area contributed by atoms with Gasteiger partial charge >= 0.3 is 5.91 Å². The molecule has 0 atom stereocenters. The van der Waals surface area contributed by atoms with E-state index in [1.165, 1.54) is 18.2 Å². The second-order valence-electron chi connectivity index (χ2n) is 5.42. The Hall–Kier alpha value is -2.35. The van der Waals surface area contributed by atoms with Crippen LogP contribution in [0, 0.1) is 17.7 Å². The third kappa shape index (κ3) is 4.92. The summed E-state index contributed by atoms with van der Waals surface area (Å²) in [5.41, 5.74) is 1.95. The minimum atomic E-state index is -0.674. The first-order valence-corrected chi connectivity index (χ1v) is 6.65. The molecule has 2 amide bonds. The molecular weight excluding hydrogens is 271 g/mol. The monoisotopic (exact) mass is 290 g/mol. The van der Waals surface area contributed by atoms with Gasteiger partial charge in [-0.05, 0) is 44.9 Å². The summed E-state index contributed by atoms with van der Waals surface area (Å²) in [6.45, 7) is 7.10. The zero-order valence-corrected chi connectivity index (χ0v) is 12.7. The van der Waals surface area contributed by atoms with Crippen LogP contribution in [0.2, 0.25) is 0 Å². The molecule has 1 aromatic rings. The standard InChI is InChI=1S/C16H19FN2O2/c1-5-6-10-14(20)18-19(16(2,3)4)15(21)12-8-7-9-13(17)11-12/h7-9,11H,5H2,1-4H3,(H,18,20). The quantitative estimate of drug-likeness (QED) is 0.638. The van der Waals surface area contributed by atoms with Gasteiger partial charge in [0.1, 0.15) is 5.82 Å². The summed E-state index contributed by atoms with van der Waals surface area (Å²) >= 11 is 0. The Morgan fingerprint density at radius 2 is 2.00 bits per heavy atom. The molecule has 1 rings (SSSR count). The first-order chi connectivity index (χ1) is 9.75. The van der Waals surface area contributed by atoms with Crippen molar-refractivity contribution in [3.63, 3.8) is 0 Å². The summed E-state index contributed by atoms with van der Waals surface area (Å²) in [7, 11) is 0. The molecule has 5 heteroatoms. The Bertz CT molecular complexity index is 594. The first-order valence-electron chi connectivity index (χ1n) is 6.65. The van der Waals surface area contributed by atoms with Crippen LogP contribution in [0.1, 0.15) is 44.5 Å². The number of carbonyl (C=O) groups is 2. The second-order valence-corrected chi connectivity index (χ2v) is 5.42. The normalized spacial score (nSPS) is 10.3. The molecule has 0 aromatic heterocycles. The highest BCUT2D eigenvalue weighted by atomic mass is 19.1. The first kappa shape index (κ1) is 16.7. The molecule has 0 unspecified atom stereocenters. The van der Waals surface area contributed by atoms with E-state index >= 15 is 0 Å². The lowest BCUT2D eigenvalue weighted by Gasteiger charge is -2.34. The fourth-order valence-corrected chi connectivity index (χ4v) is 1.57. The molecule has 1 N–H and O–H groups in total. The molecule has 0 radical (unpaired) electrons. The Kier molecular flexibility index (Phi) is 5.48. The van der Waals surface area contributed by atoms with Crippen molar-refractivity contribution in [2.75, 3.05) is 0 Å². The van der Waals surface area contributed by atoms with Crippen LogP contribution >= 0.6 is 0 Å². The molecule has 0 heterocycles. The van der Waals surface area contributed by atoms with Crippen molar-refractivity contribution in [1.29, 1.82) is 0 Å². The molecule has 0 saturated heterocycles. The van der Waals surface area contributed by atoms with Crippen LogP contribution < -0.4 is 5.43 Å². The largest absolute Gasteiger partial charge is 0.314 e. The SMILES string of the molecule is CCC#CC(=O)NN(C(=O)c1cccc(F)c1)C(C)(C)C. The maximum Gasteiger partial charge on any atom is 0.314 e. The molecular formula is C16H19FN2O2. The second kappa shape index (κ2) is 6.89. The summed E-state index contributed by atoms with van der Waals surface area (Å²) < 4.78 is 13.2. The highest BCUT2D eigenvalue weighted by Crippen LogP contribution is 2.15. The molecule has 0 aliphatic heterocycles. The predicted molar refractivity (Wildman–Crippen MR) is 78.5 cm³/mol. The van der Waals surface area contributed by atoms with E-state index in [1.54, 1.807) is 20.8 Å². The van der Waals surface area contributed by atoms with Crippen LogP contribution in [-0.2, 0) is 4.79 Å². The lowest BCUT2D eigenvalue weighted by molar-refractivity contribution is -0.121. The van der Waals surface area contributed by atoms with Gasteiger partial charge in [-0.15, -0.1) is 0 Å². The minimum Gasteiger partial charge on any atom is -0.267 e. The molecule has 0 fully saturated rings. The fraction of sp³-hybridized carbons (Fsp3) is 0.375. The molecule has 0 aliphatic carbocycles. The van der Waals surface area contributed by atoms with E-state index in [9.17, 15) is 14.0 Å². The van der Waals surface area contributed by atoms with E-state index in [0.29, 0.717) is 6.42 Å². The lowest BCUT2D eigenvalue weighted by Crippen LogP contribution is -2.55. The predicted octanol–water partition coefficient (Wildman–Crippen LogP) is 2.51. The van der Waals surface area contributed by atoms with Crippen molar-refractivity contribution in [2.24, 2.45) is 0 Å². The number of hydrogen-bond donors (Lipinski definition) is 1. The van der Waals surface area contributed by atoms with Crippen molar-refractivity contribution < 1.29 is 14.0 Å². The van der Waals surface area contributed by atoms with E-state index < -0.39 is 23.2 Å². The van der Waals surface area contributed by atoms with Crippen molar-refractivity contribution in [2.45, 2.75) is 39.7 Å². The maximum absolute atomic E-state index is 13.2. The van der Waals surface area contributed by atoms with Crippen LogP contribution in [-0.4, -0.2) is 22.4 Å². The van der Waals surface area contributed by atoms with E-state index in [4.69, 9.17) is 0 Å². The minimum absolute atomic E-state index is 0.161. The number of hydrazine groups is 1. The average Bonchev–Trinajstić information content (AvgIpc) is 2.40. The molecule has 0 bridgehead atoms. The van der Waals surface area contributed by atoms with Crippen molar-refractivity contribution in [3.05, 3.63) is 35.6 Å². The lowest BCUT2D eigenvalue weighted by atomic mass is 10.1. The zero-order chi connectivity index (χ0) is 16.0. The van der Waals surface area contributed by atoms with E-state index in [1.807, 2.05) is 6.92 Å². The van der Waals surface area contributed by atoms with E-state index in [-0.39, 0.29) is 5.56 Å². The van der Waals surface area contributed by atoms with Gasteiger partial charge in [0, 0.05) is 12.0 Å². The number of rotatable bonds is 1. The Morgan fingerprint density at radius 3 is 2.52 bits per heavy atom. The van der Waals surface area contributed by atoms with Gasteiger partial charge in [-0.2, -0.15) is 0 Å². The van der Waals surface area contributed by atoms with Gasteiger partial charge < -0.3 is 0 Å². The molecule has 21 heavy (non-hydrogen) atoms. The molecule has 0 saturated carbocycles. The third-order valence-electron chi connectivity index (χ3n) is 2.54. The van der Waals surface area contributed by atoms with Crippen molar-refractivity contribution in [3.8, 4) is 11.8 Å². The molecule has 1 aromatic carbocycles. The van der Waals surface area contributed by atoms with Gasteiger partial charge in [-0.1, -0.05) is 18.9 Å². The van der Waals surface area contributed by atoms with Crippen LogP contribution in [0.5, 0.6) is 0 Å². The summed E-state index contributed by atoms with van der Waals surface area (Å²) in [6.07, 6.45) is 0.542. The van der Waals surface area contributed by atoms with Crippen molar-refractivity contribution in [1.82, 2.24) is 10.4 Å². The highest BCUT2D eigenvalue weighted by Gasteiger charge is 2.29. The number of nitrogens with zero attached hydrogens (tertiary/aromatic N) is 1. The van der Waals surface area contributed by atoms with E-state index in [2.05, 4.69) is 17.3 Å². The summed E-state index contributed by atoms with van der Waals surface area (Å²) in [6, 6.07) is 5.32. The van der Waals surface area contributed by atoms with E-state index in [0.717, 1.165) is 11.1 Å². The molecule has 4 nitrogen and oxygen atoms in total. The summed E-state index contributed by atoms with van der Waals surface area (Å²) in [5.74, 6) is 3.45. The Labute approximate surface area is 124 Å². The number of carbonyl (C=O) groups excluding carboxylic acids is 2. The van der Waals surface area contributed by atoms with Crippen LogP contribution in [0.4, 0.5) is 4.39 Å². The van der Waals surface area contributed by atoms with Crippen LogP contribution in [0.25, 0.3) is 0 Å². The number of amides is 2. The van der Waals surface area contributed by atoms with Crippen LogP contribution in [0.15, 0.2) is 24.3 Å². The van der Waals surface area contributed by atoms with Gasteiger partial charge in [0.15, 0.2) is 0 Å². The summed E-state index contributed by atoms with van der Waals surface area (Å²) in [4.78, 5) is 24.2. The van der Waals surface area contributed by atoms with Gasteiger partial charge in [-0.25, -0.2) is 9.40 Å². The Morgan fingerprint density at radius 1 is 1.33 bits per heavy atom. The number of benzene rings is 1. The number of hydrogen-bond acceptors (Lipinski definition) is 2. The highest BCUT2D eigenvalue weighted by molar-refractivity contribution is 5.99. The topological polar surface area (TPSA) is 49.4 Å². The zero-order valence-electron chi connectivity index (χ0n) is 12.7. The van der Waals surface area contributed by atoms with Gasteiger partial charge in [0.2, 0.25) is 0 Å². The van der Waals surface area contributed by atoms with Gasteiger partial charge in [-0.3, -0.25) is 15.0 Å². The fourth-order valence-electron chi connectivity index (χ4n) is 1.57. The smallest absolute Gasteiger partial charge is 0.267 e. The molecule has 0 spiro atoms. The molecule has 112 valence electrons. The number of nitrogens with one attached hydrogen (secondary N) is 1. The van der Waals surface area contributed by atoms with Crippen LogP contribution in [0.3, 0.4) is 0 Å².